The van der Waals surface area contributed by atoms with Crippen LogP contribution in [0.5, 0.6) is 0 Å². The van der Waals surface area contributed by atoms with Crippen molar-refractivity contribution in [2.75, 3.05) is 32.2 Å². The van der Waals surface area contributed by atoms with E-state index in [1.165, 1.54) is 6.42 Å². The number of aromatic nitrogens is 2. The molecule has 0 amide bonds. The summed E-state index contributed by atoms with van der Waals surface area (Å²) in [6.07, 6.45) is 4.13. The fraction of sp³-hybridized carbons (Fsp3) is 0.727. The summed E-state index contributed by atoms with van der Waals surface area (Å²) < 4.78 is 12.5. The van der Waals surface area contributed by atoms with Crippen LogP contribution in [0.15, 0.2) is 12.3 Å². The molecule has 5 heteroatoms. The molecule has 1 rings (SSSR count). The number of hydrogen-bond acceptors (Lipinski definition) is 4. The topological polar surface area (TPSA) is 62.3 Å². The predicted octanol–water partition coefficient (Wildman–Crippen LogP) is 1.30. The first-order valence-corrected chi connectivity index (χ1v) is 5.77. The molecule has 0 saturated heterocycles. The summed E-state index contributed by atoms with van der Waals surface area (Å²) in [4.78, 5) is 0. The molecular formula is C11H21N3O2. The third kappa shape index (κ3) is 5.72. The van der Waals surface area contributed by atoms with E-state index in [1.54, 1.807) is 10.7 Å². The van der Waals surface area contributed by atoms with E-state index in [-0.39, 0.29) is 0 Å². The predicted molar refractivity (Wildman–Crippen MR) is 63.2 cm³/mol. The second kappa shape index (κ2) is 8.13. The number of anilines is 1. The Kier molecular flexibility index (Phi) is 6.60. The maximum Gasteiger partial charge on any atom is 0.145 e. The lowest BCUT2D eigenvalue weighted by atomic mass is 10.4. The fourth-order valence-corrected chi connectivity index (χ4v) is 1.23. The van der Waals surface area contributed by atoms with Crippen molar-refractivity contribution in [2.24, 2.45) is 0 Å². The van der Waals surface area contributed by atoms with Crippen LogP contribution in [0.4, 0.5) is 5.82 Å². The second-order valence-electron chi connectivity index (χ2n) is 3.58. The van der Waals surface area contributed by atoms with Crippen molar-refractivity contribution in [3.05, 3.63) is 12.3 Å². The van der Waals surface area contributed by atoms with Crippen LogP contribution in [0.1, 0.15) is 19.8 Å². The van der Waals surface area contributed by atoms with E-state index in [0.717, 1.165) is 19.6 Å². The van der Waals surface area contributed by atoms with Gasteiger partial charge in [-0.25, -0.2) is 0 Å². The third-order valence-corrected chi connectivity index (χ3v) is 2.14. The van der Waals surface area contributed by atoms with E-state index in [0.29, 0.717) is 25.6 Å². The summed E-state index contributed by atoms with van der Waals surface area (Å²) in [6.45, 7) is 5.65. The van der Waals surface area contributed by atoms with Crippen LogP contribution in [-0.2, 0) is 16.0 Å². The van der Waals surface area contributed by atoms with Crippen LogP contribution >= 0.6 is 0 Å². The first kappa shape index (κ1) is 13.0. The molecule has 0 aliphatic rings. The lowest BCUT2D eigenvalue weighted by Crippen LogP contribution is -2.11. The van der Waals surface area contributed by atoms with Gasteiger partial charge in [0.15, 0.2) is 0 Å². The van der Waals surface area contributed by atoms with E-state index in [1.807, 2.05) is 6.20 Å². The number of unbranched alkanes of at least 4 members (excludes halogenated alkanes) is 1. The van der Waals surface area contributed by atoms with Crippen LogP contribution in [-0.4, -0.2) is 36.2 Å². The largest absolute Gasteiger partial charge is 0.382 e. The molecule has 16 heavy (non-hydrogen) atoms. The highest BCUT2D eigenvalue weighted by molar-refractivity contribution is 5.23. The lowest BCUT2D eigenvalue weighted by molar-refractivity contribution is 0.0430. The minimum absolute atomic E-state index is 0.544. The molecule has 0 radical (unpaired) electrons. The molecule has 2 N–H and O–H groups in total. The van der Waals surface area contributed by atoms with E-state index in [4.69, 9.17) is 15.2 Å². The van der Waals surface area contributed by atoms with Crippen molar-refractivity contribution in [3.63, 3.8) is 0 Å². The molecule has 1 aromatic heterocycles. The summed E-state index contributed by atoms with van der Waals surface area (Å²) in [5.74, 6) is 0.544. The smallest absolute Gasteiger partial charge is 0.145 e. The van der Waals surface area contributed by atoms with Crippen molar-refractivity contribution in [3.8, 4) is 0 Å². The van der Waals surface area contributed by atoms with Crippen molar-refractivity contribution in [1.29, 1.82) is 0 Å². The number of nitrogen functional groups attached to an aromatic ring is 1. The molecule has 0 aliphatic heterocycles. The van der Waals surface area contributed by atoms with Crippen LogP contribution in [0.2, 0.25) is 0 Å². The number of nitrogens with two attached hydrogens (primary N) is 1. The maximum absolute atomic E-state index is 5.48. The highest BCUT2D eigenvalue weighted by Crippen LogP contribution is 1.95. The maximum atomic E-state index is 5.48. The molecule has 5 nitrogen and oxygen atoms in total. The zero-order chi connectivity index (χ0) is 11.6. The van der Waals surface area contributed by atoms with Gasteiger partial charge in [0.25, 0.3) is 0 Å². The summed E-state index contributed by atoms with van der Waals surface area (Å²) in [5.41, 5.74) is 5.48. The number of rotatable bonds is 9. The molecule has 0 unspecified atom stereocenters. The molecule has 0 aromatic carbocycles. The van der Waals surface area contributed by atoms with E-state index < -0.39 is 0 Å². The summed E-state index contributed by atoms with van der Waals surface area (Å²) >= 11 is 0. The second-order valence-corrected chi connectivity index (χ2v) is 3.58. The Morgan fingerprint density at radius 3 is 2.62 bits per heavy atom. The van der Waals surface area contributed by atoms with Gasteiger partial charge >= 0.3 is 0 Å². The van der Waals surface area contributed by atoms with Gasteiger partial charge in [-0.05, 0) is 12.5 Å². The van der Waals surface area contributed by atoms with Gasteiger partial charge < -0.3 is 15.2 Å². The zero-order valence-corrected chi connectivity index (χ0v) is 9.89. The Morgan fingerprint density at radius 2 is 2.00 bits per heavy atom. The molecule has 0 fully saturated rings. The van der Waals surface area contributed by atoms with Crippen molar-refractivity contribution < 1.29 is 9.47 Å². The van der Waals surface area contributed by atoms with E-state index in [2.05, 4.69) is 12.0 Å². The van der Waals surface area contributed by atoms with Gasteiger partial charge in [0.1, 0.15) is 5.82 Å². The summed E-state index contributed by atoms with van der Waals surface area (Å²) in [5, 5.41) is 4.05. The minimum Gasteiger partial charge on any atom is -0.382 e. The number of nitrogens with zero attached hydrogens (tertiary/aromatic N) is 2. The lowest BCUT2D eigenvalue weighted by Gasteiger charge is -2.05. The average Bonchev–Trinajstić information content (AvgIpc) is 2.68. The molecule has 0 bridgehead atoms. The van der Waals surface area contributed by atoms with Crippen molar-refractivity contribution in [2.45, 2.75) is 26.3 Å². The SMILES string of the molecule is CCCCOCCOCCn1ccc(N)n1. The minimum atomic E-state index is 0.544. The van der Waals surface area contributed by atoms with Crippen molar-refractivity contribution >= 4 is 5.82 Å². The molecule has 1 aromatic rings. The normalized spacial score (nSPS) is 10.8. The van der Waals surface area contributed by atoms with Gasteiger partial charge in [0, 0.05) is 12.8 Å². The molecule has 0 aliphatic carbocycles. The molecule has 0 atom stereocenters. The van der Waals surface area contributed by atoms with Crippen LogP contribution in [0, 0.1) is 0 Å². The van der Waals surface area contributed by atoms with E-state index >= 15 is 0 Å². The Labute approximate surface area is 96.5 Å². The third-order valence-electron chi connectivity index (χ3n) is 2.14. The van der Waals surface area contributed by atoms with Crippen LogP contribution in [0.25, 0.3) is 0 Å². The Balaban J connectivity index is 1.88. The Morgan fingerprint density at radius 1 is 1.25 bits per heavy atom. The van der Waals surface area contributed by atoms with Crippen molar-refractivity contribution in [1.82, 2.24) is 9.78 Å². The van der Waals surface area contributed by atoms with Gasteiger partial charge in [-0.2, -0.15) is 5.10 Å². The average molecular weight is 227 g/mol. The van der Waals surface area contributed by atoms with Gasteiger partial charge in [0.05, 0.1) is 26.4 Å². The van der Waals surface area contributed by atoms with Gasteiger partial charge in [-0.1, -0.05) is 13.3 Å². The molecule has 1 heterocycles. The summed E-state index contributed by atoms with van der Waals surface area (Å²) in [7, 11) is 0. The Bertz CT molecular complexity index is 276. The molecule has 92 valence electrons. The fourth-order valence-electron chi connectivity index (χ4n) is 1.23. The standard InChI is InChI=1S/C11H21N3O2/c1-2-3-7-15-9-10-16-8-6-14-5-4-11(12)13-14/h4-5H,2-3,6-10H2,1H3,(H2,12,13). The highest BCUT2D eigenvalue weighted by atomic mass is 16.5. The van der Waals surface area contributed by atoms with Gasteiger partial charge in [-0.15, -0.1) is 0 Å². The number of ether oxygens (including phenoxy) is 2. The quantitative estimate of drug-likeness (QED) is 0.646. The first-order valence-electron chi connectivity index (χ1n) is 5.77. The molecule has 0 spiro atoms. The molecular weight excluding hydrogens is 206 g/mol. The van der Waals surface area contributed by atoms with Crippen LogP contribution < -0.4 is 5.73 Å². The number of hydrogen-bond donors (Lipinski definition) is 1. The van der Waals surface area contributed by atoms with Gasteiger partial charge in [-0.3, -0.25) is 4.68 Å². The first-order chi connectivity index (χ1) is 7.83. The monoisotopic (exact) mass is 227 g/mol. The Hall–Kier alpha value is -1.07. The van der Waals surface area contributed by atoms with E-state index in [9.17, 15) is 0 Å². The zero-order valence-electron chi connectivity index (χ0n) is 9.89. The van der Waals surface area contributed by atoms with Gasteiger partial charge in [0.2, 0.25) is 0 Å². The summed E-state index contributed by atoms with van der Waals surface area (Å²) in [6, 6.07) is 1.77. The highest BCUT2D eigenvalue weighted by Gasteiger charge is 1.94. The van der Waals surface area contributed by atoms with Crippen LogP contribution in [0.3, 0.4) is 0 Å². The molecule has 0 saturated carbocycles.